The number of hydrogen-bond acceptors (Lipinski definition) is 5. The minimum atomic E-state index is -0.601. The molecule has 0 spiro atoms. The lowest BCUT2D eigenvalue weighted by Crippen LogP contribution is -2.15. The highest BCUT2D eigenvalue weighted by Crippen LogP contribution is 2.23. The quantitative estimate of drug-likeness (QED) is 0.492. The number of amides is 1. The average Bonchev–Trinajstić information content (AvgIpc) is 3.14. The Bertz CT molecular complexity index is 1270. The fourth-order valence-corrected chi connectivity index (χ4v) is 3.30. The van der Waals surface area contributed by atoms with Gasteiger partial charge in [0.05, 0.1) is 30.6 Å². The third-order valence-corrected chi connectivity index (χ3v) is 4.59. The molecule has 0 aliphatic carbocycles. The molecule has 0 saturated carbocycles. The van der Waals surface area contributed by atoms with Gasteiger partial charge in [-0.05, 0) is 31.5 Å². The summed E-state index contributed by atoms with van der Waals surface area (Å²) in [7, 11) is 0. The maximum Gasteiger partial charge on any atom is 0.337 e. The number of rotatable bonds is 6. The van der Waals surface area contributed by atoms with Crippen LogP contribution in [0.15, 0.2) is 70.1 Å². The zero-order valence-corrected chi connectivity index (χ0v) is 16.7. The maximum absolute atomic E-state index is 12.8. The molecule has 0 fully saturated rings. The van der Waals surface area contributed by atoms with E-state index < -0.39 is 11.5 Å². The summed E-state index contributed by atoms with van der Waals surface area (Å²) in [5.74, 6) is 0.162. The van der Waals surface area contributed by atoms with Gasteiger partial charge in [0, 0.05) is 23.7 Å². The van der Waals surface area contributed by atoms with Crippen LogP contribution in [0.5, 0.6) is 5.75 Å². The highest BCUT2D eigenvalue weighted by Gasteiger charge is 2.15. The Morgan fingerprint density at radius 2 is 2.07 bits per heavy atom. The highest BCUT2D eigenvalue weighted by molar-refractivity contribution is 6.12. The molecule has 0 saturated heterocycles. The minimum absolute atomic E-state index is 0.232. The van der Waals surface area contributed by atoms with Crippen molar-refractivity contribution in [2.45, 2.75) is 20.4 Å². The smallest absolute Gasteiger partial charge is 0.337 e. The van der Waals surface area contributed by atoms with E-state index in [1.807, 2.05) is 32.0 Å². The van der Waals surface area contributed by atoms with Crippen molar-refractivity contribution in [2.75, 3.05) is 11.9 Å². The Kier molecular flexibility index (Phi) is 5.34. The van der Waals surface area contributed by atoms with Gasteiger partial charge in [0.1, 0.15) is 11.3 Å². The number of hydrogen-bond donors (Lipinski definition) is 1. The van der Waals surface area contributed by atoms with Gasteiger partial charge in [0.15, 0.2) is 0 Å². The van der Waals surface area contributed by atoms with Crippen LogP contribution in [0.4, 0.5) is 5.69 Å². The standard InChI is InChI=1S/C23H21N3O4/c1-3-29-18-7-8-19-20(11-22(27)30-21(19)10-18)23(28)25-17-12-24-26(14-17)13-16-6-4-5-15(2)9-16/h4-12,14H,3,13H2,1-2H3,(H,25,28). The summed E-state index contributed by atoms with van der Waals surface area (Å²) >= 11 is 0. The lowest BCUT2D eigenvalue weighted by Gasteiger charge is -2.08. The molecule has 0 radical (unpaired) electrons. The van der Waals surface area contributed by atoms with Gasteiger partial charge in [0.2, 0.25) is 0 Å². The lowest BCUT2D eigenvalue weighted by molar-refractivity contribution is 0.102. The third kappa shape index (κ3) is 4.25. The number of anilines is 1. The van der Waals surface area contributed by atoms with Crippen molar-refractivity contribution in [3.05, 3.63) is 88.0 Å². The van der Waals surface area contributed by atoms with Crippen molar-refractivity contribution in [3.8, 4) is 5.75 Å². The van der Waals surface area contributed by atoms with E-state index in [1.165, 1.54) is 11.6 Å². The van der Waals surface area contributed by atoms with Crippen LogP contribution in [0.2, 0.25) is 0 Å². The van der Waals surface area contributed by atoms with Gasteiger partial charge < -0.3 is 14.5 Å². The molecule has 0 atom stereocenters. The fourth-order valence-electron chi connectivity index (χ4n) is 3.30. The molecule has 152 valence electrons. The van der Waals surface area contributed by atoms with Gasteiger partial charge in [-0.2, -0.15) is 5.10 Å². The molecule has 2 aromatic carbocycles. The first-order valence-electron chi connectivity index (χ1n) is 9.62. The van der Waals surface area contributed by atoms with E-state index in [9.17, 15) is 9.59 Å². The minimum Gasteiger partial charge on any atom is -0.494 e. The van der Waals surface area contributed by atoms with Crippen molar-refractivity contribution in [1.82, 2.24) is 9.78 Å². The van der Waals surface area contributed by atoms with Crippen molar-refractivity contribution in [2.24, 2.45) is 0 Å². The van der Waals surface area contributed by atoms with Crippen molar-refractivity contribution < 1.29 is 13.9 Å². The predicted octanol–water partition coefficient (Wildman–Crippen LogP) is 4.00. The highest BCUT2D eigenvalue weighted by atomic mass is 16.5. The van der Waals surface area contributed by atoms with E-state index in [-0.39, 0.29) is 5.56 Å². The van der Waals surface area contributed by atoms with Crippen LogP contribution in [0, 0.1) is 6.92 Å². The Morgan fingerprint density at radius 1 is 1.20 bits per heavy atom. The fraction of sp³-hybridized carbons (Fsp3) is 0.174. The number of fused-ring (bicyclic) bond motifs is 1. The first-order valence-corrected chi connectivity index (χ1v) is 9.62. The number of aryl methyl sites for hydroxylation is 1. The zero-order valence-electron chi connectivity index (χ0n) is 16.7. The summed E-state index contributed by atoms with van der Waals surface area (Å²) in [5.41, 5.74) is 2.77. The molecular formula is C23H21N3O4. The number of nitrogens with one attached hydrogen (secondary N) is 1. The molecule has 0 bridgehead atoms. The second kappa shape index (κ2) is 8.24. The number of nitrogens with zero attached hydrogens (tertiary/aromatic N) is 2. The van der Waals surface area contributed by atoms with Crippen LogP contribution in [-0.2, 0) is 6.54 Å². The van der Waals surface area contributed by atoms with Gasteiger partial charge in [0.25, 0.3) is 5.91 Å². The van der Waals surface area contributed by atoms with E-state index in [1.54, 1.807) is 35.3 Å². The maximum atomic E-state index is 12.8. The predicted molar refractivity (Wildman–Crippen MR) is 114 cm³/mol. The number of carbonyl (C=O) groups excluding carboxylic acids is 1. The van der Waals surface area contributed by atoms with Gasteiger partial charge in [-0.25, -0.2) is 4.79 Å². The Labute approximate surface area is 172 Å². The molecule has 7 nitrogen and oxygen atoms in total. The molecule has 7 heteroatoms. The first kappa shape index (κ1) is 19.4. The lowest BCUT2D eigenvalue weighted by atomic mass is 10.1. The van der Waals surface area contributed by atoms with Crippen LogP contribution < -0.4 is 15.7 Å². The Hall–Kier alpha value is -3.87. The summed E-state index contributed by atoms with van der Waals surface area (Å²) in [4.78, 5) is 24.8. The van der Waals surface area contributed by atoms with Crippen molar-refractivity contribution >= 4 is 22.6 Å². The molecule has 1 N–H and O–H groups in total. The van der Waals surface area contributed by atoms with Gasteiger partial charge in [-0.15, -0.1) is 0 Å². The van der Waals surface area contributed by atoms with Crippen LogP contribution in [-0.4, -0.2) is 22.3 Å². The molecule has 0 aliphatic heterocycles. The second-order valence-corrected chi connectivity index (χ2v) is 6.94. The molecule has 4 rings (SSSR count). The monoisotopic (exact) mass is 403 g/mol. The third-order valence-electron chi connectivity index (χ3n) is 4.59. The van der Waals surface area contributed by atoms with Gasteiger partial charge in [-0.3, -0.25) is 9.48 Å². The van der Waals surface area contributed by atoms with Crippen LogP contribution in [0.1, 0.15) is 28.4 Å². The van der Waals surface area contributed by atoms with Crippen molar-refractivity contribution in [3.63, 3.8) is 0 Å². The molecule has 4 aromatic rings. The molecule has 0 unspecified atom stereocenters. The van der Waals surface area contributed by atoms with Gasteiger partial charge >= 0.3 is 5.63 Å². The molecule has 1 amide bonds. The van der Waals surface area contributed by atoms with Crippen LogP contribution in [0.3, 0.4) is 0 Å². The molecule has 0 aliphatic rings. The summed E-state index contributed by atoms with van der Waals surface area (Å²) in [5, 5.41) is 7.64. The van der Waals surface area contributed by atoms with E-state index in [2.05, 4.69) is 16.5 Å². The number of ether oxygens (including phenoxy) is 1. The topological polar surface area (TPSA) is 86.4 Å². The van der Waals surface area contributed by atoms with E-state index in [0.29, 0.717) is 35.6 Å². The van der Waals surface area contributed by atoms with Crippen LogP contribution >= 0.6 is 0 Å². The first-order chi connectivity index (χ1) is 14.5. The van der Waals surface area contributed by atoms with E-state index >= 15 is 0 Å². The van der Waals surface area contributed by atoms with E-state index in [0.717, 1.165) is 5.56 Å². The summed E-state index contributed by atoms with van der Waals surface area (Å²) in [6.07, 6.45) is 3.33. The average molecular weight is 403 g/mol. The Balaban J connectivity index is 1.56. The summed E-state index contributed by atoms with van der Waals surface area (Å²) in [6.45, 7) is 4.98. The largest absolute Gasteiger partial charge is 0.494 e. The van der Waals surface area contributed by atoms with Crippen LogP contribution in [0.25, 0.3) is 11.0 Å². The van der Waals surface area contributed by atoms with Crippen molar-refractivity contribution in [1.29, 1.82) is 0 Å². The van der Waals surface area contributed by atoms with E-state index in [4.69, 9.17) is 9.15 Å². The Morgan fingerprint density at radius 3 is 2.87 bits per heavy atom. The number of aromatic nitrogens is 2. The molecule has 2 heterocycles. The summed E-state index contributed by atoms with van der Waals surface area (Å²) < 4.78 is 12.4. The summed E-state index contributed by atoms with van der Waals surface area (Å²) in [6, 6.07) is 14.4. The molecule has 2 aromatic heterocycles. The molecule has 30 heavy (non-hydrogen) atoms. The molecular weight excluding hydrogens is 382 g/mol. The zero-order chi connectivity index (χ0) is 21.1. The number of benzene rings is 2. The SMILES string of the molecule is CCOc1ccc2c(C(=O)Nc3cnn(Cc4cccc(C)c4)c3)cc(=O)oc2c1. The van der Waals surface area contributed by atoms with Gasteiger partial charge in [-0.1, -0.05) is 29.8 Å². The second-order valence-electron chi connectivity index (χ2n) is 6.94. The number of carbonyl (C=O) groups is 1. The normalized spacial score (nSPS) is 10.9.